The second-order valence-corrected chi connectivity index (χ2v) is 7.39. The smallest absolute Gasteiger partial charge is 0.258 e. The van der Waals surface area contributed by atoms with Crippen molar-refractivity contribution in [3.05, 3.63) is 79.2 Å². The van der Waals surface area contributed by atoms with Crippen molar-refractivity contribution in [3.8, 4) is 0 Å². The largest absolute Gasteiger partial charge is 0.276 e. The van der Waals surface area contributed by atoms with Gasteiger partial charge in [-0.1, -0.05) is 41.4 Å². The minimum Gasteiger partial charge on any atom is -0.258 e. The van der Waals surface area contributed by atoms with E-state index in [-0.39, 0.29) is 22.0 Å². The molecular formula is C15H11Cl2NO4S. The summed E-state index contributed by atoms with van der Waals surface area (Å²) in [5, 5.41) is 12.5. The van der Waals surface area contributed by atoms with E-state index in [9.17, 15) is 18.5 Å². The van der Waals surface area contributed by atoms with Gasteiger partial charge in [-0.2, -0.15) is 0 Å². The molecule has 23 heavy (non-hydrogen) atoms. The fourth-order valence-electron chi connectivity index (χ4n) is 1.88. The average Bonchev–Trinajstić information content (AvgIpc) is 2.48. The third-order valence-corrected chi connectivity index (χ3v) is 4.81. The van der Waals surface area contributed by atoms with E-state index < -0.39 is 14.8 Å². The third-order valence-electron chi connectivity index (χ3n) is 2.96. The summed E-state index contributed by atoms with van der Waals surface area (Å²) in [5.74, 6) is -0.319. The van der Waals surface area contributed by atoms with Gasteiger partial charge in [0.15, 0.2) is 9.84 Å². The molecule has 0 saturated heterocycles. The first-order chi connectivity index (χ1) is 10.8. The van der Waals surface area contributed by atoms with Crippen molar-refractivity contribution in [1.29, 1.82) is 0 Å². The van der Waals surface area contributed by atoms with E-state index in [1.807, 2.05) is 0 Å². The van der Waals surface area contributed by atoms with Gasteiger partial charge in [-0.25, -0.2) is 8.42 Å². The summed E-state index contributed by atoms with van der Waals surface area (Å²) in [7, 11) is -3.64. The lowest BCUT2D eigenvalue weighted by atomic mass is 10.2. The Morgan fingerprint density at radius 2 is 1.83 bits per heavy atom. The summed E-state index contributed by atoms with van der Waals surface area (Å²) >= 11 is 11.7. The van der Waals surface area contributed by atoms with Gasteiger partial charge in [0.1, 0.15) is 0 Å². The molecule has 2 aromatic rings. The molecule has 0 fully saturated rings. The van der Waals surface area contributed by atoms with Crippen molar-refractivity contribution in [3.63, 3.8) is 0 Å². The Labute approximate surface area is 143 Å². The molecule has 0 radical (unpaired) electrons. The van der Waals surface area contributed by atoms with E-state index in [4.69, 9.17) is 23.2 Å². The van der Waals surface area contributed by atoms with Crippen LogP contribution >= 0.6 is 23.2 Å². The highest BCUT2D eigenvalue weighted by Crippen LogP contribution is 2.24. The quantitative estimate of drug-likeness (QED) is 0.572. The zero-order valence-corrected chi connectivity index (χ0v) is 14.0. The number of benzene rings is 2. The van der Waals surface area contributed by atoms with Gasteiger partial charge < -0.3 is 0 Å². The molecule has 0 amide bonds. The first-order valence-corrected chi connectivity index (χ1v) is 8.84. The Morgan fingerprint density at radius 3 is 2.48 bits per heavy atom. The molecule has 5 nitrogen and oxygen atoms in total. The van der Waals surface area contributed by atoms with Crippen molar-refractivity contribution in [2.75, 3.05) is 0 Å². The number of sulfone groups is 1. The molecule has 8 heteroatoms. The lowest BCUT2D eigenvalue weighted by Gasteiger charge is -2.03. The Kier molecular flexibility index (Phi) is 5.41. The van der Waals surface area contributed by atoms with Crippen LogP contribution in [0, 0.1) is 10.1 Å². The number of nitrogens with zero attached hydrogens (tertiary/aromatic N) is 1. The van der Waals surface area contributed by atoms with E-state index in [1.165, 1.54) is 36.4 Å². The Balaban J connectivity index is 2.26. The second kappa shape index (κ2) is 7.12. The van der Waals surface area contributed by atoms with Crippen LogP contribution in [0.4, 0.5) is 5.69 Å². The third kappa shape index (κ3) is 4.79. The zero-order valence-electron chi connectivity index (χ0n) is 11.6. The van der Waals surface area contributed by atoms with Gasteiger partial charge in [0, 0.05) is 21.5 Å². The number of hydrogen-bond donors (Lipinski definition) is 0. The molecule has 0 aliphatic rings. The van der Waals surface area contributed by atoms with Crippen LogP contribution in [0.25, 0.3) is 6.08 Å². The molecule has 0 aliphatic carbocycles. The summed E-state index contributed by atoms with van der Waals surface area (Å²) in [4.78, 5) is 10.3. The van der Waals surface area contributed by atoms with Crippen LogP contribution in [-0.2, 0) is 15.6 Å². The molecular weight excluding hydrogens is 361 g/mol. The lowest BCUT2D eigenvalue weighted by molar-refractivity contribution is -0.385. The Bertz CT molecular complexity index is 879. The molecule has 0 saturated carbocycles. The predicted octanol–water partition coefficient (Wildman–Crippen LogP) is 4.49. The molecule has 0 atom stereocenters. The molecule has 2 aromatic carbocycles. The fourth-order valence-corrected chi connectivity index (χ4v) is 3.57. The minimum atomic E-state index is -3.64. The number of halogens is 2. The van der Waals surface area contributed by atoms with E-state index in [1.54, 1.807) is 12.1 Å². The Morgan fingerprint density at radius 1 is 1.13 bits per heavy atom. The molecule has 0 spiro atoms. The molecule has 0 unspecified atom stereocenters. The normalized spacial score (nSPS) is 11.7. The van der Waals surface area contributed by atoms with Crippen LogP contribution in [0.15, 0.2) is 47.9 Å². The summed E-state index contributed by atoms with van der Waals surface area (Å²) in [6, 6.07) is 10.4. The van der Waals surface area contributed by atoms with Gasteiger partial charge in [0.05, 0.1) is 16.2 Å². The number of para-hydroxylation sites is 1. The fraction of sp³-hybridized carbons (Fsp3) is 0.0667. The first kappa shape index (κ1) is 17.5. The highest BCUT2D eigenvalue weighted by Gasteiger charge is 2.14. The van der Waals surface area contributed by atoms with Crippen LogP contribution in [0.5, 0.6) is 0 Å². The van der Waals surface area contributed by atoms with Crippen molar-refractivity contribution in [2.45, 2.75) is 5.75 Å². The first-order valence-electron chi connectivity index (χ1n) is 6.37. The summed E-state index contributed by atoms with van der Waals surface area (Å²) in [6.45, 7) is 0. The Hall–Kier alpha value is -1.89. The van der Waals surface area contributed by atoms with Gasteiger partial charge in [0.2, 0.25) is 0 Å². The molecule has 0 aromatic heterocycles. The van der Waals surface area contributed by atoms with Crippen molar-refractivity contribution >= 4 is 44.8 Å². The van der Waals surface area contributed by atoms with E-state index in [0.29, 0.717) is 10.6 Å². The average molecular weight is 372 g/mol. The molecule has 0 N–H and O–H groups in total. The van der Waals surface area contributed by atoms with E-state index in [0.717, 1.165) is 5.41 Å². The van der Waals surface area contributed by atoms with Crippen LogP contribution < -0.4 is 0 Å². The van der Waals surface area contributed by atoms with Crippen LogP contribution in [0.2, 0.25) is 10.0 Å². The summed E-state index contributed by atoms with van der Waals surface area (Å²) < 4.78 is 24.3. The van der Waals surface area contributed by atoms with Gasteiger partial charge in [-0.3, -0.25) is 10.1 Å². The number of nitro groups is 1. The van der Waals surface area contributed by atoms with Gasteiger partial charge in [-0.15, -0.1) is 0 Å². The lowest BCUT2D eigenvalue weighted by Crippen LogP contribution is -2.01. The molecule has 0 heterocycles. The molecule has 120 valence electrons. The maximum Gasteiger partial charge on any atom is 0.276 e. The highest BCUT2D eigenvalue weighted by atomic mass is 35.5. The van der Waals surface area contributed by atoms with Crippen LogP contribution in [0.3, 0.4) is 0 Å². The number of rotatable bonds is 5. The van der Waals surface area contributed by atoms with Crippen LogP contribution in [-0.4, -0.2) is 13.3 Å². The standard InChI is InChI=1S/C15H11Cl2NO4S/c16-13-6-5-12(14(17)9-13)10-23(21,22)8-7-11-3-1-2-4-15(11)18(19)20/h1-9H,10H2/b8-7+. The highest BCUT2D eigenvalue weighted by molar-refractivity contribution is 7.93. The van der Waals surface area contributed by atoms with Gasteiger partial charge in [0.25, 0.3) is 5.69 Å². The second-order valence-electron chi connectivity index (χ2n) is 4.66. The van der Waals surface area contributed by atoms with Crippen LogP contribution in [0.1, 0.15) is 11.1 Å². The van der Waals surface area contributed by atoms with E-state index in [2.05, 4.69) is 0 Å². The minimum absolute atomic E-state index is 0.163. The number of nitro benzene ring substituents is 1. The molecule has 0 aliphatic heterocycles. The van der Waals surface area contributed by atoms with Crippen molar-refractivity contribution in [2.24, 2.45) is 0 Å². The van der Waals surface area contributed by atoms with E-state index >= 15 is 0 Å². The predicted molar refractivity (Wildman–Crippen MR) is 91.2 cm³/mol. The molecule has 0 bridgehead atoms. The molecule has 2 rings (SSSR count). The maximum absolute atomic E-state index is 12.1. The zero-order chi connectivity index (χ0) is 17.0. The SMILES string of the molecule is O=[N+]([O-])c1ccccc1/C=C/S(=O)(=O)Cc1ccc(Cl)cc1Cl. The van der Waals surface area contributed by atoms with Gasteiger partial charge >= 0.3 is 0 Å². The summed E-state index contributed by atoms with van der Waals surface area (Å²) in [5.41, 5.74) is 0.454. The van der Waals surface area contributed by atoms with Crippen molar-refractivity contribution < 1.29 is 13.3 Å². The topological polar surface area (TPSA) is 77.3 Å². The maximum atomic E-state index is 12.1. The van der Waals surface area contributed by atoms with Crippen molar-refractivity contribution in [1.82, 2.24) is 0 Å². The van der Waals surface area contributed by atoms with Gasteiger partial charge in [-0.05, 0) is 29.8 Å². The number of hydrogen-bond acceptors (Lipinski definition) is 4. The monoisotopic (exact) mass is 371 g/mol. The summed E-state index contributed by atoms with van der Waals surface area (Å²) in [6.07, 6.45) is 1.21.